The molecule has 1 aromatic rings. The molecule has 6 heteroatoms. The van der Waals surface area contributed by atoms with Crippen molar-refractivity contribution in [3.8, 4) is 0 Å². The Morgan fingerprint density at radius 2 is 2.35 bits per heavy atom. The Morgan fingerprint density at radius 3 is 2.76 bits per heavy atom. The number of aromatic amines is 1. The fourth-order valence-electron chi connectivity index (χ4n) is 1.62. The molecule has 0 aliphatic carbocycles. The number of nitrogens with zero attached hydrogens (tertiary/aromatic N) is 1. The summed E-state index contributed by atoms with van der Waals surface area (Å²) in [6, 6.07) is -0.648. The summed E-state index contributed by atoms with van der Waals surface area (Å²) >= 11 is 0. The number of aromatic nitrogens is 2. The van der Waals surface area contributed by atoms with Crippen molar-refractivity contribution in [3.63, 3.8) is 0 Å². The topological polar surface area (TPSA) is 104 Å². The highest BCUT2D eigenvalue weighted by Crippen LogP contribution is 2.05. The molecule has 0 spiro atoms. The first-order valence-electron chi connectivity index (χ1n) is 5.70. The molecule has 1 heterocycles. The van der Waals surface area contributed by atoms with Crippen molar-refractivity contribution in [2.75, 3.05) is 6.54 Å². The molecule has 5 N–H and O–H groups in total. The zero-order valence-electron chi connectivity index (χ0n) is 10.2. The van der Waals surface area contributed by atoms with Gasteiger partial charge in [-0.1, -0.05) is 13.8 Å². The molecule has 1 unspecified atom stereocenters. The van der Waals surface area contributed by atoms with E-state index in [9.17, 15) is 4.79 Å². The van der Waals surface area contributed by atoms with Gasteiger partial charge in [0.25, 0.3) is 0 Å². The van der Waals surface area contributed by atoms with Crippen molar-refractivity contribution in [3.05, 3.63) is 18.2 Å². The summed E-state index contributed by atoms with van der Waals surface area (Å²) in [4.78, 5) is 17.9. The summed E-state index contributed by atoms with van der Waals surface area (Å²) < 4.78 is 0. The van der Waals surface area contributed by atoms with Gasteiger partial charge in [0, 0.05) is 30.9 Å². The lowest BCUT2D eigenvalue weighted by Crippen LogP contribution is -2.50. The van der Waals surface area contributed by atoms with Crippen LogP contribution < -0.4 is 11.1 Å². The van der Waals surface area contributed by atoms with Crippen LogP contribution in [0.5, 0.6) is 0 Å². The highest BCUT2D eigenvalue weighted by Gasteiger charge is 2.23. The number of nitrogens with two attached hydrogens (primary N) is 1. The average Bonchev–Trinajstić information content (AvgIpc) is 2.75. The molecule has 0 aliphatic heterocycles. The molecule has 1 rings (SSSR count). The van der Waals surface area contributed by atoms with E-state index in [4.69, 9.17) is 10.8 Å². The lowest BCUT2D eigenvalue weighted by atomic mass is 10.0. The molecule has 1 aromatic heterocycles. The lowest BCUT2D eigenvalue weighted by Gasteiger charge is -2.24. The molecule has 0 radical (unpaired) electrons. The Labute approximate surface area is 101 Å². The van der Waals surface area contributed by atoms with E-state index in [1.807, 2.05) is 13.8 Å². The predicted molar refractivity (Wildman–Crippen MR) is 64.5 cm³/mol. The van der Waals surface area contributed by atoms with E-state index >= 15 is 0 Å². The zero-order chi connectivity index (χ0) is 12.8. The third kappa shape index (κ3) is 4.16. The van der Waals surface area contributed by atoms with Crippen LogP contribution in [0.15, 0.2) is 12.5 Å². The fraction of sp³-hybridized carbons (Fsp3) is 0.636. The van der Waals surface area contributed by atoms with Crippen molar-refractivity contribution >= 4 is 5.97 Å². The number of hydrogen-bond acceptors (Lipinski definition) is 4. The molecular formula is C11H20N4O2. The summed E-state index contributed by atoms with van der Waals surface area (Å²) in [6.07, 6.45) is 3.54. The molecule has 0 saturated heterocycles. The van der Waals surface area contributed by atoms with Crippen LogP contribution in [0, 0.1) is 5.92 Å². The van der Waals surface area contributed by atoms with Crippen LogP contribution in [0.2, 0.25) is 0 Å². The largest absolute Gasteiger partial charge is 0.480 e. The van der Waals surface area contributed by atoms with Crippen molar-refractivity contribution in [1.29, 1.82) is 0 Å². The van der Waals surface area contributed by atoms with Gasteiger partial charge in [0.05, 0.1) is 6.33 Å². The third-order valence-corrected chi connectivity index (χ3v) is 2.75. The number of carbonyl (C=O) groups is 1. The van der Waals surface area contributed by atoms with Gasteiger partial charge in [-0.3, -0.25) is 10.1 Å². The maximum Gasteiger partial charge on any atom is 0.321 e. The number of carboxylic acids is 1. The van der Waals surface area contributed by atoms with E-state index in [-0.39, 0.29) is 6.04 Å². The first kappa shape index (κ1) is 13.7. The Morgan fingerprint density at radius 1 is 1.65 bits per heavy atom. The minimum absolute atomic E-state index is 0.000906. The molecule has 17 heavy (non-hydrogen) atoms. The monoisotopic (exact) mass is 240 g/mol. The Kier molecular flexibility index (Phi) is 5.11. The minimum Gasteiger partial charge on any atom is -0.480 e. The Hall–Kier alpha value is -1.40. The number of aliphatic carboxylic acids is 1. The molecule has 0 bridgehead atoms. The van der Waals surface area contributed by atoms with Gasteiger partial charge in [-0.2, -0.15) is 0 Å². The van der Waals surface area contributed by atoms with E-state index in [0.29, 0.717) is 18.9 Å². The van der Waals surface area contributed by atoms with Gasteiger partial charge in [-0.05, 0) is 5.92 Å². The van der Waals surface area contributed by atoms with Crippen molar-refractivity contribution in [2.24, 2.45) is 11.7 Å². The van der Waals surface area contributed by atoms with Crippen LogP contribution >= 0.6 is 0 Å². The van der Waals surface area contributed by atoms with Crippen molar-refractivity contribution < 1.29 is 9.90 Å². The Bertz CT molecular complexity index is 337. The molecule has 0 aliphatic rings. The van der Waals surface area contributed by atoms with Crippen LogP contribution in [-0.2, 0) is 11.2 Å². The van der Waals surface area contributed by atoms with Crippen LogP contribution in [-0.4, -0.2) is 39.7 Å². The Balaban J connectivity index is 2.63. The molecule has 0 aromatic carbocycles. The highest BCUT2D eigenvalue weighted by atomic mass is 16.4. The third-order valence-electron chi connectivity index (χ3n) is 2.75. The number of H-pyrrole nitrogens is 1. The van der Waals surface area contributed by atoms with Crippen molar-refractivity contribution in [2.45, 2.75) is 32.4 Å². The maximum absolute atomic E-state index is 11.2. The second-order valence-electron chi connectivity index (χ2n) is 4.42. The molecule has 96 valence electrons. The van der Waals surface area contributed by atoms with Gasteiger partial charge in [0.1, 0.15) is 6.04 Å². The van der Waals surface area contributed by atoms with Gasteiger partial charge in [-0.25, -0.2) is 4.98 Å². The van der Waals surface area contributed by atoms with Gasteiger partial charge in [0.15, 0.2) is 0 Å². The summed E-state index contributed by atoms with van der Waals surface area (Å²) in [5, 5.41) is 12.2. The maximum atomic E-state index is 11.2. The summed E-state index contributed by atoms with van der Waals surface area (Å²) in [7, 11) is 0. The molecule has 6 nitrogen and oxygen atoms in total. The quantitative estimate of drug-likeness (QED) is 0.536. The number of rotatable bonds is 7. The normalized spacial score (nSPS) is 14.8. The minimum atomic E-state index is -0.876. The first-order valence-corrected chi connectivity index (χ1v) is 5.70. The molecule has 0 saturated carbocycles. The van der Waals surface area contributed by atoms with E-state index < -0.39 is 12.0 Å². The fourth-order valence-corrected chi connectivity index (χ4v) is 1.62. The smallest absolute Gasteiger partial charge is 0.321 e. The van der Waals surface area contributed by atoms with Crippen LogP contribution in [0.1, 0.15) is 19.5 Å². The summed E-state index contributed by atoms with van der Waals surface area (Å²) in [5.74, 6) is -0.581. The number of carboxylic acid groups (broad SMARTS) is 1. The summed E-state index contributed by atoms with van der Waals surface area (Å²) in [6.45, 7) is 4.45. The lowest BCUT2D eigenvalue weighted by molar-refractivity contribution is -0.139. The van der Waals surface area contributed by atoms with Gasteiger partial charge in [-0.15, -0.1) is 0 Å². The second kappa shape index (κ2) is 6.36. The van der Waals surface area contributed by atoms with Crippen LogP contribution in [0.3, 0.4) is 0 Å². The van der Waals surface area contributed by atoms with E-state index in [1.54, 1.807) is 6.20 Å². The molecule has 0 amide bonds. The van der Waals surface area contributed by atoms with E-state index in [2.05, 4.69) is 15.3 Å². The number of imidazole rings is 1. The van der Waals surface area contributed by atoms with E-state index in [0.717, 1.165) is 5.69 Å². The first-order chi connectivity index (χ1) is 8.04. The van der Waals surface area contributed by atoms with Crippen LogP contribution in [0.25, 0.3) is 0 Å². The summed E-state index contributed by atoms with van der Waals surface area (Å²) in [5.41, 5.74) is 6.42. The van der Waals surface area contributed by atoms with E-state index in [1.165, 1.54) is 6.33 Å². The molecular weight excluding hydrogens is 220 g/mol. The SMILES string of the molecule is CC(C)C(CN)N[C@@H](Cc1cnc[nH]1)C(=O)O. The van der Waals surface area contributed by atoms with Gasteiger partial charge < -0.3 is 15.8 Å². The van der Waals surface area contributed by atoms with Crippen LogP contribution in [0.4, 0.5) is 0 Å². The second-order valence-corrected chi connectivity index (χ2v) is 4.42. The highest BCUT2D eigenvalue weighted by molar-refractivity contribution is 5.73. The predicted octanol–water partition coefficient (Wildman–Crippen LogP) is -0.0217. The average molecular weight is 240 g/mol. The van der Waals surface area contributed by atoms with Crippen molar-refractivity contribution in [1.82, 2.24) is 15.3 Å². The van der Waals surface area contributed by atoms with Gasteiger partial charge in [0.2, 0.25) is 0 Å². The standard InChI is InChI=1S/C11H20N4O2/c1-7(2)10(4-12)15-9(11(16)17)3-8-5-13-6-14-8/h5-7,9-10,15H,3-4,12H2,1-2H3,(H,13,14)(H,16,17)/t9-,10?/m0/s1. The number of hydrogen-bond donors (Lipinski definition) is 4. The molecule has 0 fully saturated rings. The zero-order valence-corrected chi connectivity index (χ0v) is 10.2. The van der Waals surface area contributed by atoms with Gasteiger partial charge >= 0.3 is 5.97 Å². The molecule has 2 atom stereocenters. The number of nitrogens with one attached hydrogen (secondary N) is 2.